The van der Waals surface area contributed by atoms with Crippen molar-refractivity contribution in [3.8, 4) is 5.75 Å². The number of thioether (sulfide) groups is 1. The van der Waals surface area contributed by atoms with Crippen LogP contribution < -0.4 is 4.74 Å². The van der Waals surface area contributed by atoms with Crippen LogP contribution in [-0.2, 0) is 4.79 Å². The second-order valence-electron chi connectivity index (χ2n) is 6.51. The molecule has 2 aromatic rings. The molecule has 138 valence electrons. The zero-order valence-electron chi connectivity index (χ0n) is 15.2. The van der Waals surface area contributed by atoms with Gasteiger partial charge in [-0.2, -0.15) is 0 Å². The second kappa shape index (κ2) is 8.60. The van der Waals surface area contributed by atoms with E-state index in [1.54, 1.807) is 18.9 Å². The maximum atomic E-state index is 11.9. The maximum Gasteiger partial charge on any atom is 0.320 e. The number of nitrogens with zero attached hydrogens (tertiary/aromatic N) is 1. The Balaban J connectivity index is 2.09. The van der Waals surface area contributed by atoms with Crippen LogP contribution in [0.3, 0.4) is 0 Å². The Morgan fingerprint density at radius 2 is 1.92 bits per heavy atom. The first kappa shape index (κ1) is 18.8. The average Bonchev–Trinajstić information content (AvgIpc) is 2.69. The number of hydrogen-bond acceptors (Lipinski definition) is 4. The third-order valence-corrected chi connectivity index (χ3v) is 5.77. The van der Waals surface area contributed by atoms with Crippen LogP contribution in [0.1, 0.15) is 36.4 Å². The molecule has 1 N–H and O–H groups in total. The predicted molar refractivity (Wildman–Crippen MR) is 105 cm³/mol. The van der Waals surface area contributed by atoms with Gasteiger partial charge in [-0.3, -0.25) is 9.69 Å². The van der Waals surface area contributed by atoms with Crippen molar-refractivity contribution in [1.29, 1.82) is 0 Å². The molecule has 2 aromatic carbocycles. The summed E-state index contributed by atoms with van der Waals surface area (Å²) in [4.78, 5) is 15.2. The zero-order valence-corrected chi connectivity index (χ0v) is 16.0. The molecular weight excluding hydrogens is 346 g/mol. The van der Waals surface area contributed by atoms with Gasteiger partial charge in [-0.25, -0.2) is 0 Å². The van der Waals surface area contributed by atoms with Crippen molar-refractivity contribution in [3.05, 3.63) is 59.7 Å². The van der Waals surface area contributed by atoms with Crippen molar-refractivity contribution in [1.82, 2.24) is 4.90 Å². The number of aliphatic carboxylic acids is 1. The molecule has 2 unspecified atom stereocenters. The van der Waals surface area contributed by atoms with E-state index in [2.05, 4.69) is 35.4 Å². The van der Waals surface area contributed by atoms with Gasteiger partial charge in [0.25, 0.3) is 0 Å². The molecular formula is C21H25NO3S. The molecule has 2 atom stereocenters. The van der Waals surface area contributed by atoms with Crippen molar-refractivity contribution in [2.45, 2.75) is 36.2 Å². The third-order valence-electron chi connectivity index (χ3n) is 5.03. The SMILES string of the molecule is COc1ccccc1C(c1ccc(SC)cc1)N1CCCCC1C(=O)O. The van der Waals surface area contributed by atoms with Gasteiger partial charge in [0, 0.05) is 10.5 Å². The lowest BCUT2D eigenvalue weighted by Crippen LogP contribution is -2.46. The van der Waals surface area contributed by atoms with E-state index in [4.69, 9.17) is 4.74 Å². The number of carbonyl (C=O) groups is 1. The summed E-state index contributed by atoms with van der Waals surface area (Å²) in [5.41, 5.74) is 2.11. The number of para-hydroxylation sites is 1. The molecule has 0 radical (unpaired) electrons. The molecule has 1 fully saturated rings. The Morgan fingerprint density at radius 3 is 2.58 bits per heavy atom. The highest BCUT2D eigenvalue weighted by molar-refractivity contribution is 7.98. The van der Waals surface area contributed by atoms with Gasteiger partial charge in [-0.05, 0) is 49.4 Å². The molecule has 0 bridgehead atoms. The fraction of sp³-hybridized carbons (Fsp3) is 0.381. The van der Waals surface area contributed by atoms with E-state index in [1.807, 2.05) is 24.3 Å². The Hall–Kier alpha value is -1.98. The maximum absolute atomic E-state index is 11.9. The minimum absolute atomic E-state index is 0.136. The number of carboxylic acids is 1. The largest absolute Gasteiger partial charge is 0.496 e. The van der Waals surface area contributed by atoms with Gasteiger partial charge in [-0.1, -0.05) is 36.8 Å². The lowest BCUT2D eigenvalue weighted by Gasteiger charge is -2.40. The fourth-order valence-corrected chi connectivity index (χ4v) is 4.16. The van der Waals surface area contributed by atoms with E-state index in [0.29, 0.717) is 6.42 Å². The highest BCUT2D eigenvalue weighted by Crippen LogP contribution is 2.38. The number of ether oxygens (including phenoxy) is 1. The molecule has 26 heavy (non-hydrogen) atoms. The quantitative estimate of drug-likeness (QED) is 0.761. The highest BCUT2D eigenvalue weighted by Gasteiger charge is 2.36. The van der Waals surface area contributed by atoms with Crippen LogP contribution in [0.25, 0.3) is 0 Å². The summed E-state index contributed by atoms with van der Waals surface area (Å²) >= 11 is 1.70. The molecule has 5 heteroatoms. The summed E-state index contributed by atoms with van der Waals surface area (Å²) < 4.78 is 5.60. The smallest absolute Gasteiger partial charge is 0.320 e. The summed E-state index contributed by atoms with van der Waals surface area (Å²) in [7, 11) is 1.66. The van der Waals surface area contributed by atoms with Gasteiger partial charge in [0.15, 0.2) is 0 Å². The second-order valence-corrected chi connectivity index (χ2v) is 7.38. The lowest BCUT2D eigenvalue weighted by atomic mass is 9.91. The molecule has 3 rings (SSSR count). The van der Waals surface area contributed by atoms with E-state index < -0.39 is 12.0 Å². The molecule has 0 aliphatic carbocycles. The van der Waals surface area contributed by atoms with Crippen LogP contribution in [0.5, 0.6) is 5.75 Å². The molecule has 0 saturated carbocycles. The molecule has 1 aliphatic rings. The highest BCUT2D eigenvalue weighted by atomic mass is 32.2. The van der Waals surface area contributed by atoms with Crippen LogP contribution in [0.2, 0.25) is 0 Å². The molecule has 1 saturated heterocycles. The summed E-state index contributed by atoms with van der Waals surface area (Å²) in [6, 6.07) is 15.7. The number of hydrogen-bond donors (Lipinski definition) is 1. The summed E-state index contributed by atoms with van der Waals surface area (Å²) in [6.07, 6.45) is 4.71. The third kappa shape index (κ3) is 3.89. The van der Waals surface area contributed by atoms with E-state index in [-0.39, 0.29) is 6.04 Å². The lowest BCUT2D eigenvalue weighted by molar-refractivity contribution is -0.145. The van der Waals surface area contributed by atoms with Gasteiger partial charge in [0.2, 0.25) is 0 Å². The normalized spacial score (nSPS) is 19.1. The van der Waals surface area contributed by atoms with Crippen molar-refractivity contribution in [3.63, 3.8) is 0 Å². The van der Waals surface area contributed by atoms with E-state index in [1.165, 1.54) is 4.90 Å². The van der Waals surface area contributed by atoms with Crippen molar-refractivity contribution < 1.29 is 14.6 Å². The van der Waals surface area contributed by atoms with Crippen molar-refractivity contribution in [2.24, 2.45) is 0 Å². The number of rotatable bonds is 6. The van der Waals surface area contributed by atoms with E-state index >= 15 is 0 Å². The van der Waals surface area contributed by atoms with Crippen molar-refractivity contribution in [2.75, 3.05) is 19.9 Å². The summed E-state index contributed by atoms with van der Waals surface area (Å²) in [5, 5.41) is 9.78. The van der Waals surface area contributed by atoms with Crippen molar-refractivity contribution >= 4 is 17.7 Å². The van der Waals surface area contributed by atoms with Gasteiger partial charge >= 0.3 is 5.97 Å². The minimum Gasteiger partial charge on any atom is -0.496 e. The van der Waals surface area contributed by atoms with E-state index in [9.17, 15) is 9.90 Å². The molecule has 0 spiro atoms. The van der Waals surface area contributed by atoms with Crippen LogP contribution in [-0.4, -0.2) is 41.9 Å². The number of methoxy groups -OCH3 is 1. The topological polar surface area (TPSA) is 49.8 Å². The summed E-state index contributed by atoms with van der Waals surface area (Å²) in [6.45, 7) is 0.768. The average molecular weight is 372 g/mol. The van der Waals surface area contributed by atoms with Crippen LogP contribution >= 0.6 is 11.8 Å². The first-order valence-electron chi connectivity index (χ1n) is 8.91. The minimum atomic E-state index is -0.745. The first-order chi connectivity index (χ1) is 12.7. The fourth-order valence-electron chi connectivity index (χ4n) is 3.76. The Kier molecular flexibility index (Phi) is 6.22. The van der Waals surface area contributed by atoms with Gasteiger partial charge in [0.05, 0.1) is 13.2 Å². The Morgan fingerprint density at radius 1 is 1.19 bits per heavy atom. The summed E-state index contributed by atoms with van der Waals surface area (Å²) in [5.74, 6) is 0.0477. The zero-order chi connectivity index (χ0) is 18.5. The number of likely N-dealkylation sites (tertiary alicyclic amines) is 1. The first-order valence-corrected chi connectivity index (χ1v) is 10.1. The number of piperidine rings is 1. The van der Waals surface area contributed by atoms with Gasteiger partial charge in [-0.15, -0.1) is 11.8 Å². The molecule has 4 nitrogen and oxygen atoms in total. The van der Waals surface area contributed by atoms with Gasteiger partial charge in [0.1, 0.15) is 11.8 Å². The Labute approximate surface area is 159 Å². The molecule has 1 heterocycles. The Bertz CT molecular complexity index is 747. The van der Waals surface area contributed by atoms with Crippen LogP contribution in [0.4, 0.5) is 0 Å². The van der Waals surface area contributed by atoms with Gasteiger partial charge < -0.3 is 9.84 Å². The number of benzene rings is 2. The van der Waals surface area contributed by atoms with E-state index in [0.717, 1.165) is 36.3 Å². The standard InChI is InChI=1S/C21H25NO3S/c1-25-19-9-4-3-7-17(19)20(15-10-12-16(26-2)13-11-15)22-14-6-5-8-18(22)21(23)24/h3-4,7,9-13,18,20H,5-6,8,14H2,1-2H3,(H,23,24). The predicted octanol–water partition coefficient (Wildman–Crippen LogP) is 4.45. The molecule has 0 amide bonds. The molecule has 1 aliphatic heterocycles. The number of carboxylic acid groups (broad SMARTS) is 1. The molecule has 0 aromatic heterocycles. The van der Waals surface area contributed by atoms with Crippen LogP contribution in [0, 0.1) is 0 Å². The van der Waals surface area contributed by atoms with Crippen LogP contribution in [0.15, 0.2) is 53.4 Å². The monoisotopic (exact) mass is 371 g/mol.